The molecule has 1 atom stereocenters. The number of hydrogen-bond acceptors (Lipinski definition) is 1. The molecule has 1 nitrogen and oxygen atoms in total. The highest BCUT2D eigenvalue weighted by molar-refractivity contribution is 14.1. The Morgan fingerprint density at radius 2 is 1.54 bits per heavy atom. The van der Waals surface area contributed by atoms with Gasteiger partial charge < -0.3 is 0 Å². The molecule has 0 aliphatic heterocycles. The van der Waals surface area contributed by atoms with Gasteiger partial charge in [-0.3, -0.25) is 4.79 Å². The molecule has 0 aromatic rings. The molecule has 0 aliphatic carbocycles. The summed E-state index contributed by atoms with van der Waals surface area (Å²) in [5.41, 5.74) is 0.0378. The van der Waals surface area contributed by atoms with Gasteiger partial charge in [0, 0.05) is 15.8 Å². The molecule has 0 amide bonds. The number of carbonyl (C=O) groups excluding carboxylic acids is 1. The fraction of sp³-hybridized carbons (Fsp3) is 0.909. The molecule has 0 aromatic heterocycles. The van der Waals surface area contributed by atoms with Crippen LogP contribution in [0.15, 0.2) is 0 Å². The molecule has 0 rings (SSSR count). The maximum Gasteiger partial charge on any atom is 0.139 e. The van der Waals surface area contributed by atoms with Crippen molar-refractivity contribution in [2.24, 2.45) is 10.8 Å². The first-order chi connectivity index (χ1) is 5.55. The monoisotopic (exact) mass is 296 g/mol. The van der Waals surface area contributed by atoms with Gasteiger partial charge in [-0.2, -0.15) is 0 Å². The summed E-state index contributed by atoms with van der Waals surface area (Å²) in [4.78, 5) is 11.7. The number of halogens is 1. The quantitative estimate of drug-likeness (QED) is 0.559. The highest BCUT2D eigenvalue weighted by atomic mass is 127. The minimum Gasteiger partial charge on any atom is -0.299 e. The van der Waals surface area contributed by atoms with Crippen LogP contribution in [-0.4, -0.2) is 9.71 Å². The second kappa shape index (κ2) is 4.28. The predicted octanol–water partition coefficient (Wildman–Crippen LogP) is 3.84. The molecular formula is C11H21IO. The predicted molar refractivity (Wildman–Crippen MR) is 66.3 cm³/mol. The number of alkyl halides is 1. The van der Waals surface area contributed by atoms with Gasteiger partial charge in [0.25, 0.3) is 0 Å². The van der Waals surface area contributed by atoms with Crippen LogP contribution in [0.1, 0.15) is 48.0 Å². The lowest BCUT2D eigenvalue weighted by atomic mass is 9.83. The van der Waals surface area contributed by atoms with Crippen molar-refractivity contribution >= 4 is 28.4 Å². The zero-order chi connectivity index (χ0) is 10.9. The zero-order valence-corrected chi connectivity index (χ0v) is 11.7. The summed E-state index contributed by atoms with van der Waals surface area (Å²) in [6.45, 7) is 12.5. The molecule has 0 saturated heterocycles. The first-order valence-corrected chi connectivity index (χ1v) is 5.97. The summed E-state index contributed by atoms with van der Waals surface area (Å²) < 4.78 is 0.428. The van der Waals surface area contributed by atoms with Crippen LogP contribution < -0.4 is 0 Å². The molecule has 13 heavy (non-hydrogen) atoms. The summed E-state index contributed by atoms with van der Waals surface area (Å²) >= 11 is 2.38. The Kier molecular flexibility index (Phi) is 4.41. The third kappa shape index (κ3) is 4.99. The summed E-state index contributed by atoms with van der Waals surface area (Å²) in [6.07, 6.45) is 0.688. The number of hydrogen-bond donors (Lipinski definition) is 0. The molecule has 0 fully saturated rings. The van der Waals surface area contributed by atoms with Gasteiger partial charge in [0.15, 0.2) is 0 Å². The molecule has 1 unspecified atom stereocenters. The van der Waals surface area contributed by atoms with Crippen LogP contribution in [0.4, 0.5) is 0 Å². The van der Waals surface area contributed by atoms with E-state index in [1.165, 1.54) is 0 Å². The number of Topliss-reactive ketones (excluding diaryl/α,β-unsaturated/α-hetero) is 1. The van der Waals surface area contributed by atoms with Gasteiger partial charge in [-0.15, -0.1) is 0 Å². The molecule has 2 heteroatoms. The maximum atomic E-state index is 11.7. The molecular weight excluding hydrogens is 275 g/mol. The van der Waals surface area contributed by atoms with E-state index in [0.717, 1.165) is 0 Å². The first-order valence-electron chi connectivity index (χ1n) is 4.72. The van der Waals surface area contributed by atoms with Crippen LogP contribution >= 0.6 is 22.6 Å². The van der Waals surface area contributed by atoms with Crippen LogP contribution in [0.3, 0.4) is 0 Å². The van der Waals surface area contributed by atoms with E-state index in [9.17, 15) is 4.79 Å². The van der Waals surface area contributed by atoms with Crippen molar-refractivity contribution in [3.05, 3.63) is 0 Å². The Labute approximate surface area is 95.8 Å². The fourth-order valence-corrected chi connectivity index (χ4v) is 1.18. The summed E-state index contributed by atoms with van der Waals surface area (Å²) in [7, 11) is 0. The van der Waals surface area contributed by atoms with Gasteiger partial charge in [0.2, 0.25) is 0 Å². The lowest BCUT2D eigenvalue weighted by Crippen LogP contribution is -2.29. The van der Waals surface area contributed by atoms with Crippen molar-refractivity contribution in [3.8, 4) is 0 Å². The van der Waals surface area contributed by atoms with Gasteiger partial charge in [0.05, 0.1) is 0 Å². The first kappa shape index (κ1) is 13.4. The maximum absolute atomic E-state index is 11.7. The van der Waals surface area contributed by atoms with E-state index in [-0.39, 0.29) is 10.8 Å². The Bertz CT molecular complexity index is 183. The Balaban J connectivity index is 4.24. The smallest absolute Gasteiger partial charge is 0.139 e. The third-order valence-corrected chi connectivity index (χ3v) is 4.45. The van der Waals surface area contributed by atoms with Gasteiger partial charge in [0.1, 0.15) is 5.78 Å². The van der Waals surface area contributed by atoms with E-state index in [2.05, 4.69) is 43.4 Å². The highest BCUT2D eigenvalue weighted by Crippen LogP contribution is 2.31. The standard InChI is InChI=1S/C11H21IO/c1-10(2,3)8(12)7-9(13)11(4,5)6/h8H,7H2,1-6H3. The van der Waals surface area contributed by atoms with Crippen molar-refractivity contribution in [3.63, 3.8) is 0 Å². The zero-order valence-electron chi connectivity index (χ0n) is 9.57. The van der Waals surface area contributed by atoms with Gasteiger partial charge in [-0.05, 0) is 5.41 Å². The molecule has 0 N–H and O–H groups in total. The van der Waals surface area contributed by atoms with Crippen LogP contribution in [0.5, 0.6) is 0 Å². The molecule has 0 spiro atoms. The largest absolute Gasteiger partial charge is 0.299 e. The molecule has 0 aromatic carbocycles. The second-order valence-corrected chi connectivity index (χ2v) is 7.21. The van der Waals surface area contributed by atoms with E-state index in [1.807, 2.05) is 20.8 Å². The molecule has 78 valence electrons. The van der Waals surface area contributed by atoms with E-state index in [1.54, 1.807) is 0 Å². The summed E-state index contributed by atoms with van der Waals surface area (Å²) in [5.74, 6) is 0.363. The van der Waals surface area contributed by atoms with Crippen molar-refractivity contribution in [2.45, 2.75) is 51.9 Å². The Morgan fingerprint density at radius 3 is 1.77 bits per heavy atom. The van der Waals surface area contributed by atoms with E-state index >= 15 is 0 Å². The van der Waals surface area contributed by atoms with Crippen LogP contribution in [0.25, 0.3) is 0 Å². The number of rotatable bonds is 2. The Morgan fingerprint density at radius 1 is 1.15 bits per heavy atom. The molecule has 0 bridgehead atoms. The van der Waals surface area contributed by atoms with Crippen molar-refractivity contribution in [1.82, 2.24) is 0 Å². The minimum absolute atomic E-state index is 0.186. The average Bonchev–Trinajstić information content (AvgIpc) is 1.82. The van der Waals surface area contributed by atoms with Gasteiger partial charge in [-0.1, -0.05) is 64.1 Å². The van der Waals surface area contributed by atoms with Crippen LogP contribution in [0.2, 0.25) is 0 Å². The van der Waals surface area contributed by atoms with Crippen molar-refractivity contribution in [2.75, 3.05) is 0 Å². The van der Waals surface area contributed by atoms with Gasteiger partial charge in [-0.25, -0.2) is 0 Å². The second-order valence-electron chi connectivity index (χ2n) is 5.71. The molecule has 0 radical (unpaired) electrons. The highest BCUT2D eigenvalue weighted by Gasteiger charge is 2.29. The van der Waals surface area contributed by atoms with E-state index in [4.69, 9.17) is 0 Å². The third-order valence-electron chi connectivity index (χ3n) is 2.14. The summed E-state index contributed by atoms with van der Waals surface area (Å²) in [6, 6.07) is 0. The summed E-state index contributed by atoms with van der Waals surface area (Å²) in [5, 5.41) is 0. The lowest BCUT2D eigenvalue weighted by molar-refractivity contribution is -0.126. The average molecular weight is 296 g/mol. The molecule has 0 heterocycles. The van der Waals surface area contributed by atoms with E-state index < -0.39 is 0 Å². The normalized spacial score (nSPS) is 15.6. The topological polar surface area (TPSA) is 17.1 Å². The van der Waals surface area contributed by atoms with Gasteiger partial charge >= 0.3 is 0 Å². The minimum atomic E-state index is -0.186. The number of carbonyl (C=O) groups is 1. The van der Waals surface area contributed by atoms with E-state index in [0.29, 0.717) is 16.1 Å². The lowest BCUT2D eigenvalue weighted by Gasteiger charge is -2.27. The van der Waals surface area contributed by atoms with Crippen LogP contribution in [-0.2, 0) is 4.79 Å². The SMILES string of the molecule is CC(C)(C)C(=O)CC(I)C(C)(C)C. The molecule has 0 saturated carbocycles. The molecule has 0 aliphatic rings. The van der Waals surface area contributed by atoms with Crippen LogP contribution in [0, 0.1) is 10.8 Å². The van der Waals surface area contributed by atoms with Crippen molar-refractivity contribution < 1.29 is 4.79 Å². The Hall–Kier alpha value is 0.400. The fourth-order valence-electron chi connectivity index (χ4n) is 0.775. The van der Waals surface area contributed by atoms with Crippen molar-refractivity contribution in [1.29, 1.82) is 0 Å². The number of ketones is 1.